The Morgan fingerprint density at radius 1 is 1.41 bits per heavy atom. The fraction of sp³-hybridized carbons (Fsp3) is 0.615. The average molecular weight is 240 g/mol. The molecule has 0 aliphatic rings. The first-order valence-electron chi connectivity index (χ1n) is 6.09. The summed E-state index contributed by atoms with van der Waals surface area (Å²) in [5, 5.41) is 3.38. The average Bonchev–Trinajstić information content (AvgIpc) is 2.34. The van der Waals surface area contributed by atoms with Gasteiger partial charge in [-0.1, -0.05) is 13.8 Å². The van der Waals surface area contributed by atoms with Gasteiger partial charge in [0.15, 0.2) is 0 Å². The molecule has 0 radical (unpaired) electrons. The lowest BCUT2D eigenvalue weighted by Crippen LogP contribution is -2.33. The van der Waals surface area contributed by atoms with Crippen LogP contribution in [0.25, 0.3) is 0 Å². The standard InChI is InChI=1S/C13H21FN2O/c1-4-6-16-13(12(5-2)17-3)10-7-11(14)9-15-8-10/h7-9,12-13,16H,4-6H2,1-3H3. The van der Waals surface area contributed by atoms with Gasteiger partial charge in [-0.05, 0) is 31.0 Å². The van der Waals surface area contributed by atoms with Crippen molar-refractivity contribution >= 4 is 0 Å². The first-order valence-corrected chi connectivity index (χ1v) is 6.09. The quantitative estimate of drug-likeness (QED) is 0.795. The molecule has 17 heavy (non-hydrogen) atoms. The monoisotopic (exact) mass is 240 g/mol. The molecule has 1 rings (SSSR count). The smallest absolute Gasteiger partial charge is 0.141 e. The lowest BCUT2D eigenvalue weighted by molar-refractivity contribution is 0.0649. The maximum atomic E-state index is 13.2. The van der Waals surface area contributed by atoms with Gasteiger partial charge < -0.3 is 10.1 Å². The fourth-order valence-corrected chi connectivity index (χ4v) is 1.90. The number of hydrogen-bond acceptors (Lipinski definition) is 3. The zero-order chi connectivity index (χ0) is 12.7. The maximum absolute atomic E-state index is 13.2. The van der Waals surface area contributed by atoms with E-state index >= 15 is 0 Å². The molecule has 0 aliphatic heterocycles. The van der Waals surface area contributed by atoms with Gasteiger partial charge >= 0.3 is 0 Å². The van der Waals surface area contributed by atoms with Gasteiger partial charge in [-0.15, -0.1) is 0 Å². The highest BCUT2D eigenvalue weighted by Crippen LogP contribution is 2.21. The fourth-order valence-electron chi connectivity index (χ4n) is 1.90. The third kappa shape index (κ3) is 4.06. The van der Waals surface area contributed by atoms with Crippen molar-refractivity contribution in [3.8, 4) is 0 Å². The van der Waals surface area contributed by atoms with Crippen molar-refractivity contribution in [2.45, 2.75) is 38.8 Å². The SMILES string of the molecule is CCCNC(c1cncc(F)c1)C(CC)OC. The zero-order valence-electron chi connectivity index (χ0n) is 10.7. The molecule has 0 saturated carbocycles. The minimum atomic E-state index is -0.309. The van der Waals surface area contributed by atoms with E-state index in [1.54, 1.807) is 13.3 Å². The molecule has 3 nitrogen and oxygen atoms in total. The lowest BCUT2D eigenvalue weighted by atomic mass is 10.0. The molecule has 2 unspecified atom stereocenters. The van der Waals surface area contributed by atoms with Crippen molar-refractivity contribution in [1.29, 1.82) is 0 Å². The number of nitrogens with zero attached hydrogens (tertiary/aromatic N) is 1. The van der Waals surface area contributed by atoms with Gasteiger partial charge in [0.2, 0.25) is 0 Å². The Labute approximate surface area is 102 Å². The Morgan fingerprint density at radius 3 is 2.71 bits per heavy atom. The molecule has 0 fully saturated rings. The molecule has 0 aliphatic carbocycles. The van der Waals surface area contributed by atoms with Crippen LogP contribution in [0.4, 0.5) is 4.39 Å². The molecule has 1 heterocycles. The van der Waals surface area contributed by atoms with Gasteiger partial charge in [0, 0.05) is 13.3 Å². The number of pyridine rings is 1. The minimum absolute atomic E-state index is 0.00634. The third-order valence-corrected chi connectivity index (χ3v) is 2.78. The first kappa shape index (κ1) is 14.1. The van der Waals surface area contributed by atoms with Crippen molar-refractivity contribution in [1.82, 2.24) is 10.3 Å². The summed E-state index contributed by atoms with van der Waals surface area (Å²) in [6.45, 7) is 5.03. The number of methoxy groups -OCH3 is 1. The van der Waals surface area contributed by atoms with Gasteiger partial charge in [-0.25, -0.2) is 4.39 Å². The summed E-state index contributed by atoms with van der Waals surface area (Å²) in [5.74, 6) is -0.309. The lowest BCUT2D eigenvalue weighted by Gasteiger charge is -2.26. The Balaban J connectivity index is 2.88. The highest BCUT2D eigenvalue weighted by atomic mass is 19.1. The Kier molecular flexibility index (Phi) is 6.08. The molecule has 1 N–H and O–H groups in total. The van der Waals surface area contributed by atoms with Crippen LogP contribution in [-0.2, 0) is 4.74 Å². The van der Waals surface area contributed by atoms with E-state index in [0.717, 1.165) is 24.9 Å². The minimum Gasteiger partial charge on any atom is -0.379 e. The molecule has 96 valence electrons. The van der Waals surface area contributed by atoms with E-state index in [-0.39, 0.29) is 18.0 Å². The Hall–Kier alpha value is -1.00. The summed E-state index contributed by atoms with van der Waals surface area (Å²) in [4.78, 5) is 3.89. The Morgan fingerprint density at radius 2 is 2.18 bits per heavy atom. The molecule has 0 amide bonds. The highest BCUT2D eigenvalue weighted by Gasteiger charge is 2.21. The van der Waals surface area contributed by atoms with E-state index in [4.69, 9.17) is 4.74 Å². The zero-order valence-corrected chi connectivity index (χ0v) is 10.7. The number of hydrogen-bond donors (Lipinski definition) is 1. The number of nitrogens with one attached hydrogen (secondary N) is 1. The summed E-state index contributed by atoms with van der Waals surface area (Å²) in [6.07, 6.45) is 4.84. The van der Waals surface area contributed by atoms with Crippen LogP contribution in [-0.4, -0.2) is 24.7 Å². The van der Waals surface area contributed by atoms with Crippen molar-refractivity contribution in [2.75, 3.05) is 13.7 Å². The van der Waals surface area contributed by atoms with E-state index in [9.17, 15) is 4.39 Å². The molecule has 0 saturated heterocycles. The number of halogens is 1. The Bertz CT molecular complexity index is 329. The van der Waals surface area contributed by atoms with Crippen LogP contribution in [0.2, 0.25) is 0 Å². The van der Waals surface area contributed by atoms with Gasteiger partial charge in [-0.3, -0.25) is 4.98 Å². The molecule has 1 aromatic rings. The number of rotatable bonds is 7. The van der Waals surface area contributed by atoms with E-state index < -0.39 is 0 Å². The van der Waals surface area contributed by atoms with Crippen LogP contribution in [0.5, 0.6) is 0 Å². The van der Waals surface area contributed by atoms with Crippen molar-refractivity contribution in [3.63, 3.8) is 0 Å². The number of ether oxygens (including phenoxy) is 1. The summed E-state index contributed by atoms with van der Waals surface area (Å²) < 4.78 is 18.6. The second-order valence-electron chi connectivity index (χ2n) is 4.05. The predicted octanol–water partition coefficient (Wildman–Crippen LogP) is 2.69. The normalized spacial score (nSPS) is 14.6. The summed E-state index contributed by atoms with van der Waals surface area (Å²) in [7, 11) is 1.68. The molecule has 0 spiro atoms. The molecular weight excluding hydrogens is 219 g/mol. The predicted molar refractivity (Wildman–Crippen MR) is 66.3 cm³/mol. The van der Waals surface area contributed by atoms with Crippen LogP contribution in [0.15, 0.2) is 18.5 Å². The molecular formula is C13H21FN2O. The second kappa shape index (κ2) is 7.35. The van der Waals surface area contributed by atoms with Crippen molar-refractivity contribution < 1.29 is 9.13 Å². The first-order chi connectivity index (χ1) is 8.22. The van der Waals surface area contributed by atoms with Gasteiger partial charge in [0.25, 0.3) is 0 Å². The van der Waals surface area contributed by atoms with Crippen LogP contribution >= 0.6 is 0 Å². The van der Waals surface area contributed by atoms with Crippen LogP contribution < -0.4 is 5.32 Å². The molecule has 1 aromatic heterocycles. The molecule has 0 aromatic carbocycles. The van der Waals surface area contributed by atoms with Crippen molar-refractivity contribution in [2.24, 2.45) is 0 Å². The van der Waals surface area contributed by atoms with Crippen LogP contribution in [0, 0.1) is 5.82 Å². The van der Waals surface area contributed by atoms with Crippen LogP contribution in [0.1, 0.15) is 38.3 Å². The van der Waals surface area contributed by atoms with Gasteiger partial charge in [0.05, 0.1) is 18.3 Å². The highest BCUT2D eigenvalue weighted by molar-refractivity contribution is 5.16. The molecule has 2 atom stereocenters. The van der Waals surface area contributed by atoms with E-state index in [2.05, 4.69) is 24.1 Å². The van der Waals surface area contributed by atoms with Gasteiger partial charge in [-0.2, -0.15) is 0 Å². The van der Waals surface area contributed by atoms with E-state index in [1.165, 1.54) is 12.3 Å². The van der Waals surface area contributed by atoms with Crippen molar-refractivity contribution in [3.05, 3.63) is 29.8 Å². The largest absolute Gasteiger partial charge is 0.379 e. The summed E-state index contributed by atoms with van der Waals surface area (Å²) in [5.41, 5.74) is 0.840. The van der Waals surface area contributed by atoms with Gasteiger partial charge in [0.1, 0.15) is 5.82 Å². The number of aromatic nitrogens is 1. The van der Waals surface area contributed by atoms with Crippen LogP contribution in [0.3, 0.4) is 0 Å². The summed E-state index contributed by atoms with van der Waals surface area (Å²) >= 11 is 0. The maximum Gasteiger partial charge on any atom is 0.141 e. The summed E-state index contributed by atoms with van der Waals surface area (Å²) in [6, 6.07) is 1.51. The van der Waals surface area contributed by atoms with E-state index in [0.29, 0.717) is 0 Å². The van der Waals surface area contributed by atoms with E-state index in [1.807, 2.05) is 0 Å². The molecule has 4 heteroatoms. The second-order valence-corrected chi connectivity index (χ2v) is 4.05. The topological polar surface area (TPSA) is 34.2 Å². The third-order valence-electron chi connectivity index (χ3n) is 2.78. The molecule has 0 bridgehead atoms.